The number of hydrogen-bond donors (Lipinski definition) is 3. The highest BCUT2D eigenvalue weighted by atomic mass is 16.5. The van der Waals surface area contributed by atoms with Gasteiger partial charge in [0.1, 0.15) is 11.6 Å². The molecular weight excluding hydrogens is 817 g/mol. The summed E-state index contributed by atoms with van der Waals surface area (Å²) in [4.78, 5) is 21.2. The van der Waals surface area contributed by atoms with Gasteiger partial charge in [-0.25, -0.2) is 9.97 Å². The van der Waals surface area contributed by atoms with Crippen LogP contribution in [0.3, 0.4) is 0 Å². The van der Waals surface area contributed by atoms with E-state index in [4.69, 9.17) is 14.7 Å². The van der Waals surface area contributed by atoms with Crippen LogP contribution in [0.2, 0.25) is 0 Å². The molecule has 1 aliphatic rings. The molecule has 17 heteroatoms. The average Bonchev–Trinajstić information content (AvgIpc) is 3.99. The van der Waals surface area contributed by atoms with Crippen molar-refractivity contribution >= 4 is 45.3 Å². The number of aromatic nitrogens is 12. The van der Waals surface area contributed by atoms with Crippen molar-refractivity contribution in [1.29, 1.82) is 0 Å². The number of nitrogens with zero attached hydrogens (tertiary/aromatic N) is 13. The predicted molar refractivity (Wildman–Crippen MR) is 255 cm³/mol. The number of aryl methyl sites for hydroxylation is 1. The van der Waals surface area contributed by atoms with Crippen LogP contribution in [0.15, 0.2) is 98.1 Å². The number of anilines is 4. The van der Waals surface area contributed by atoms with E-state index in [1.807, 2.05) is 82.8 Å². The van der Waals surface area contributed by atoms with Crippen LogP contribution in [0.4, 0.5) is 23.3 Å². The number of pyridine rings is 4. The van der Waals surface area contributed by atoms with E-state index in [0.29, 0.717) is 60.3 Å². The lowest BCUT2D eigenvalue weighted by Gasteiger charge is -2.36. The van der Waals surface area contributed by atoms with E-state index in [9.17, 15) is 0 Å². The zero-order valence-electron chi connectivity index (χ0n) is 38.2. The minimum atomic E-state index is 0.382. The molecule has 0 spiro atoms. The van der Waals surface area contributed by atoms with Crippen molar-refractivity contribution in [3.8, 4) is 22.3 Å². The zero-order valence-corrected chi connectivity index (χ0v) is 38.2. The normalized spacial score (nSPS) is 15.4. The zero-order chi connectivity index (χ0) is 45.3. The molecular formula is C48H58N16O. The van der Waals surface area contributed by atoms with Crippen LogP contribution in [0.5, 0.6) is 0 Å². The monoisotopic (exact) mass is 874 g/mol. The molecule has 0 radical (unpaired) electrons. The highest BCUT2D eigenvalue weighted by Gasteiger charge is 2.20. The summed E-state index contributed by atoms with van der Waals surface area (Å²) in [6.45, 7) is 18.6. The number of piperazine rings is 1. The maximum Gasteiger partial charge on any atom is 0.154 e. The first-order valence-electron chi connectivity index (χ1n) is 22.3. The third-order valence-corrected chi connectivity index (χ3v) is 11.2. The molecule has 8 aromatic rings. The number of hydrogen-bond acceptors (Lipinski definition) is 15. The number of fused-ring (bicyclic) bond motifs is 2. The van der Waals surface area contributed by atoms with Gasteiger partial charge in [0.2, 0.25) is 0 Å². The van der Waals surface area contributed by atoms with E-state index >= 15 is 0 Å². The van der Waals surface area contributed by atoms with Crippen LogP contribution < -0.4 is 16.0 Å². The summed E-state index contributed by atoms with van der Waals surface area (Å²) in [5, 5.41) is 35.6. The fourth-order valence-electron chi connectivity index (χ4n) is 7.78. The Morgan fingerprint density at radius 3 is 1.60 bits per heavy atom. The molecule has 0 saturated carbocycles. The Bertz CT molecular complexity index is 2810. The maximum atomic E-state index is 5.10. The largest absolute Gasteiger partial charge is 0.383 e. The molecule has 0 aromatic carbocycles. The number of nitrogens with one attached hydrogen (secondary N) is 3. The van der Waals surface area contributed by atoms with Crippen LogP contribution in [-0.2, 0) is 17.8 Å². The Kier molecular flexibility index (Phi) is 14.3. The van der Waals surface area contributed by atoms with Gasteiger partial charge in [-0.2, -0.15) is 20.4 Å². The van der Waals surface area contributed by atoms with Crippen LogP contribution in [0.25, 0.3) is 44.3 Å². The highest BCUT2D eigenvalue weighted by molar-refractivity contribution is 5.83. The molecule has 9 rings (SSSR count). The summed E-state index contributed by atoms with van der Waals surface area (Å²) < 4.78 is 8.99. The second kappa shape index (κ2) is 20.8. The summed E-state index contributed by atoms with van der Waals surface area (Å²) in [5.74, 6) is 3.53. The first kappa shape index (κ1) is 44.8. The van der Waals surface area contributed by atoms with Crippen molar-refractivity contribution in [3.05, 3.63) is 109 Å². The molecule has 0 amide bonds. The topological polar surface area (TPSA) is 187 Å². The van der Waals surface area contributed by atoms with E-state index in [1.165, 1.54) is 0 Å². The lowest BCUT2D eigenvalue weighted by molar-refractivity contribution is 0.169. The third kappa shape index (κ3) is 11.9. The lowest BCUT2D eigenvalue weighted by Crippen LogP contribution is -2.54. The van der Waals surface area contributed by atoms with Crippen LogP contribution in [-0.4, -0.2) is 110 Å². The SMILES string of the molecule is CC(C)c1cnnc(Nc2ccc3ncc(-c4cnn(CCCN5C[C@@H](C)N[C@@H](C)C5)c4)cc3n2)c1.COCCn1cc(-c2cnc3ccc(Nc4cc(C(C)C)cnn4)nc3c2)cn1. The van der Waals surface area contributed by atoms with Gasteiger partial charge in [0, 0.05) is 92.4 Å². The number of rotatable bonds is 15. The fourth-order valence-corrected chi connectivity index (χ4v) is 7.78. The van der Waals surface area contributed by atoms with Crippen molar-refractivity contribution in [2.24, 2.45) is 0 Å². The summed E-state index contributed by atoms with van der Waals surface area (Å²) in [6.07, 6.45) is 16.2. The number of methoxy groups -OCH3 is 1. The molecule has 2 atom stereocenters. The van der Waals surface area contributed by atoms with E-state index in [1.54, 1.807) is 19.5 Å². The molecule has 0 bridgehead atoms. The first-order valence-corrected chi connectivity index (χ1v) is 22.3. The van der Waals surface area contributed by atoms with Crippen molar-refractivity contribution in [2.75, 3.05) is 44.0 Å². The summed E-state index contributed by atoms with van der Waals surface area (Å²) in [7, 11) is 1.68. The highest BCUT2D eigenvalue weighted by Crippen LogP contribution is 2.26. The van der Waals surface area contributed by atoms with Gasteiger partial charge < -0.3 is 25.6 Å². The molecule has 17 nitrogen and oxygen atoms in total. The number of ether oxygens (including phenoxy) is 1. The minimum absolute atomic E-state index is 0.382. The van der Waals surface area contributed by atoms with Gasteiger partial charge in [0.05, 0.1) is 60.0 Å². The summed E-state index contributed by atoms with van der Waals surface area (Å²) in [5.41, 5.74) is 9.55. The van der Waals surface area contributed by atoms with Crippen molar-refractivity contribution in [1.82, 2.24) is 70.1 Å². The van der Waals surface area contributed by atoms with E-state index in [2.05, 4.69) is 115 Å². The van der Waals surface area contributed by atoms with Crippen LogP contribution in [0, 0.1) is 0 Å². The molecule has 9 heterocycles. The summed E-state index contributed by atoms with van der Waals surface area (Å²) in [6, 6.07) is 16.9. The quantitative estimate of drug-likeness (QED) is 0.0898. The maximum absolute atomic E-state index is 5.10. The Balaban J connectivity index is 0.000000181. The van der Waals surface area contributed by atoms with Crippen molar-refractivity contribution in [2.45, 2.75) is 85.0 Å². The fraction of sp³-hybridized carbons (Fsp3) is 0.375. The molecule has 1 fully saturated rings. The first-order chi connectivity index (χ1) is 31.5. The predicted octanol–water partition coefficient (Wildman–Crippen LogP) is 8.02. The lowest BCUT2D eigenvalue weighted by atomic mass is 10.1. The van der Waals surface area contributed by atoms with E-state index < -0.39 is 0 Å². The molecule has 1 aliphatic heterocycles. The standard InChI is InChI=1S/C27H35N9.C21H23N7O/c1-18(2)21-11-27(34-29-13-21)33-26-7-6-24-25(32-26)10-22(12-28-24)23-14-30-36(17-23)9-5-8-35-15-19(3)31-20(4)16-35;1-14(2)15-9-21(27-23-11-15)26-20-5-4-18-19(25-20)8-16(10-22-18)17-12-24-28(13-17)6-7-29-3/h6-7,10-14,17-20,31H,5,8-9,15-16H2,1-4H3,(H,32,33,34);4-5,8-14H,6-7H2,1-3H3,(H,25,26,27)/t19-,20+;. The Hall–Kier alpha value is -6.82. The Morgan fingerprint density at radius 1 is 0.600 bits per heavy atom. The molecule has 8 aromatic heterocycles. The second-order valence-corrected chi connectivity index (χ2v) is 17.3. The van der Waals surface area contributed by atoms with Gasteiger partial charge in [-0.3, -0.25) is 19.3 Å². The molecule has 0 unspecified atom stereocenters. The van der Waals surface area contributed by atoms with Crippen molar-refractivity contribution < 1.29 is 4.74 Å². The average molecular weight is 875 g/mol. The van der Waals surface area contributed by atoms with Gasteiger partial charge >= 0.3 is 0 Å². The summed E-state index contributed by atoms with van der Waals surface area (Å²) >= 11 is 0. The van der Waals surface area contributed by atoms with E-state index in [0.717, 1.165) is 88.0 Å². The van der Waals surface area contributed by atoms with E-state index in [-0.39, 0.29) is 0 Å². The van der Waals surface area contributed by atoms with Crippen LogP contribution in [0.1, 0.15) is 70.9 Å². The third-order valence-electron chi connectivity index (χ3n) is 11.2. The minimum Gasteiger partial charge on any atom is -0.383 e. The smallest absolute Gasteiger partial charge is 0.154 e. The van der Waals surface area contributed by atoms with Gasteiger partial charge in [0.25, 0.3) is 0 Å². The molecule has 336 valence electrons. The molecule has 1 saturated heterocycles. The molecule has 65 heavy (non-hydrogen) atoms. The molecule has 0 aliphatic carbocycles. The van der Waals surface area contributed by atoms with Crippen LogP contribution >= 0.6 is 0 Å². The Labute approximate surface area is 379 Å². The molecule has 3 N–H and O–H groups in total. The van der Waals surface area contributed by atoms with Gasteiger partial charge in [-0.15, -0.1) is 10.2 Å². The Morgan fingerprint density at radius 2 is 1.11 bits per heavy atom. The second-order valence-electron chi connectivity index (χ2n) is 17.3. The van der Waals surface area contributed by atoms with Gasteiger partial charge in [-0.1, -0.05) is 27.7 Å². The van der Waals surface area contributed by atoms with Gasteiger partial charge in [-0.05, 0) is 91.8 Å². The van der Waals surface area contributed by atoms with Gasteiger partial charge in [0.15, 0.2) is 11.6 Å². The van der Waals surface area contributed by atoms with Crippen molar-refractivity contribution in [3.63, 3.8) is 0 Å².